The van der Waals surface area contributed by atoms with E-state index in [0.717, 1.165) is 0 Å². The number of anilines is 1. The molecule has 6 heteroatoms. The fourth-order valence-corrected chi connectivity index (χ4v) is 1.65. The molecule has 0 saturated heterocycles. The van der Waals surface area contributed by atoms with Crippen LogP contribution in [0.2, 0.25) is 0 Å². The Morgan fingerprint density at radius 2 is 2.11 bits per heavy atom. The van der Waals surface area contributed by atoms with E-state index >= 15 is 0 Å². The normalized spacial score (nSPS) is 11.2. The zero-order valence-corrected chi connectivity index (χ0v) is 12.3. The zero-order valence-electron chi connectivity index (χ0n) is 11.5. The van der Waals surface area contributed by atoms with E-state index in [1.807, 2.05) is 6.26 Å². The molecule has 1 aromatic carbocycles. The first-order valence-electron chi connectivity index (χ1n) is 5.85. The Hall–Kier alpha value is -1.56. The molecule has 1 rings (SSSR count). The Morgan fingerprint density at radius 1 is 1.47 bits per heavy atom. The number of thioether (sulfide) groups is 1. The van der Waals surface area contributed by atoms with Gasteiger partial charge in [0.05, 0.1) is 4.92 Å². The summed E-state index contributed by atoms with van der Waals surface area (Å²) < 4.78 is -0.0207. The second kappa shape index (κ2) is 6.06. The van der Waals surface area contributed by atoms with E-state index in [-0.39, 0.29) is 16.2 Å². The van der Waals surface area contributed by atoms with E-state index in [1.165, 1.54) is 13.0 Å². The van der Waals surface area contributed by atoms with E-state index in [4.69, 9.17) is 0 Å². The molecule has 5 nitrogen and oxygen atoms in total. The van der Waals surface area contributed by atoms with Crippen molar-refractivity contribution in [3.05, 3.63) is 33.9 Å². The zero-order chi connectivity index (χ0) is 14.6. The van der Waals surface area contributed by atoms with E-state index < -0.39 is 4.92 Å². The van der Waals surface area contributed by atoms with Crippen LogP contribution in [-0.2, 0) is 0 Å². The van der Waals surface area contributed by atoms with E-state index in [2.05, 4.69) is 19.2 Å². The molecule has 0 radical (unpaired) electrons. The fraction of sp³-hybridized carbons (Fsp3) is 0.462. The summed E-state index contributed by atoms with van der Waals surface area (Å²) in [4.78, 5) is 21.8. The van der Waals surface area contributed by atoms with Gasteiger partial charge < -0.3 is 5.32 Å². The lowest BCUT2D eigenvalue weighted by Crippen LogP contribution is -2.26. The SMILES string of the molecule is CSC(C)(C)CNc1ccc(C(C)=O)cc1[N+](=O)[O-]. The molecule has 0 aliphatic heterocycles. The minimum atomic E-state index is -0.471. The van der Waals surface area contributed by atoms with Crippen molar-refractivity contribution in [3.63, 3.8) is 0 Å². The van der Waals surface area contributed by atoms with Crippen LogP contribution in [0.25, 0.3) is 0 Å². The summed E-state index contributed by atoms with van der Waals surface area (Å²) in [5.41, 5.74) is 0.725. The Labute approximate surface area is 116 Å². The molecule has 0 aromatic heterocycles. The highest BCUT2D eigenvalue weighted by Gasteiger charge is 2.20. The number of nitro benzene ring substituents is 1. The van der Waals surface area contributed by atoms with E-state index in [9.17, 15) is 14.9 Å². The minimum absolute atomic E-state index is 0.0207. The summed E-state index contributed by atoms with van der Waals surface area (Å²) in [6.07, 6.45) is 1.99. The highest BCUT2D eigenvalue weighted by molar-refractivity contribution is 7.99. The summed E-state index contributed by atoms with van der Waals surface area (Å²) in [6.45, 7) is 6.11. The molecule has 0 aliphatic carbocycles. The average Bonchev–Trinajstić information content (AvgIpc) is 2.36. The first-order valence-corrected chi connectivity index (χ1v) is 7.08. The lowest BCUT2D eigenvalue weighted by atomic mass is 10.1. The van der Waals surface area contributed by atoms with Gasteiger partial charge in [-0.3, -0.25) is 14.9 Å². The van der Waals surface area contributed by atoms with Gasteiger partial charge in [-0.2, -0.15) is 11.8 Å². The standard InChI is InChI=1S/C13H18N2O3S/c1-9(16)10-5-6-11(12(7-10)15(17)18)14-8-13(2,3)19-4/h5-7,14H,8H2,1-4H3. The molecule has 1 aromatic rings. The highest BCUT2D eigenvalue weighted by Crippen LogP contribution is 2.28. The first-order chi connectivity index (χ1) is 8.76. The van der Waals surface area contributed by atoms with Crippen LogP contribution in [0, 0.1) is 10.1 Å². The van der Waals surface area contributed by atoms with Crippen LogP contribution >= 0.6 is 11.8 Å². The minimum Gasteiger partial charge on any atom is -0.378 e. The van der Waals surface area contributed by atoms with Gasteiger partial charge >= 0.3 is 0 Å². The maximum atomic E-state index is 11.2. The van der Waals surface area contributed by atoms with Gasteiger partial charge in [0.2, 0.25) is 0 Å². The molecule has 0 fully saturated rings. The Bertz CT molecular complexity index is 501. The van der Waals surface area contributed by atoms with Crippen LogP contribution in [0.15, 0.2) is 18.2 Å². The molecule has 0 spiro atoms. The van der Waals surface area contributed by atoms with Crippen LogP contribution in [0.3, 0.4) is 0 Å². The number of Topliss-reactive ketones (excluding diaryl/α,β-unsaturated/α-hetero) is 1. The number of carbonyl (C=O) groups excluding carboxylic acids is 1. The maximum Gasteiger partial charge on any atom is 0.293 e. The molecule has 19 heavy (non-hydrogen) atoms. The van der Waals surface area contributed by atoms with Gasteiger partial charge in [0.1, 0.15) is 5.69 Å². The molecule has 0 saturated carbocycles. The molecule has 0 atom stereocenters. The summed E-state index contributed by atoms with van der Waals surface area (Å²) in [5.74, 6) is -0.181. The van der Waals surface area contributed by atoms with Gasteiger partial charge in [-0.1, -0.05) is 0 Å². The monoisotopic (exact) mass is 282 g/mol. The van der Waals surface area contributed by atoms with Crippen molar-refractivity contribution in [1.29, 1.82) is 0 Å². The lowest BCUT2D eigenvalue weighted by Gasteiger charge is -2.22. The molecular formula is C13H18N2O3S. The van der Waals surface area contributed by atoms with Gasteiger partial charge in [0, 0.05) is 22.9 Å². The second-order valence-electron chi connectivity index (χ2n) is 4.86. The third-order valence-corrected chi connectivity index (χ3v) is 4.11. The number of benzene rings is 1. The Balaban J connectivity index is 3.01. The van der Waals surface area contributed by atoms with Crippen molar-refractivity contribution in [1.82, 2.24) is 0 Å². The van der Waals surface area contributed by atoms with Crippen molar-refractivity contribution in [3.8, 4) is 0 Å². The van der Waals surface area contributed by atoms with Crippen LogP contribution in [0.4, 0.5) is 11.4 Å². The van der Waals surface area contributed by atoms with Crippen LogP contribution in [0.1, 0.15) is 31.1 Å². The molecule has 0 heterocycles. The predicted molar refractivity (Wildman–Crippen MR) is 79.2 cm³/mol. The van der Waals surface area contributed by atoms with Gasteiger partial charge in [0.25, 0.3) is 5.69 Å². The number of hydrogen-bond acceptors (Lipinski definition) is 5. The van der Waals surface area contributed by atoms with Gasteiger partial charge in [0.15, 0.2) is 5.78 Å². The summed E-state index contributed by atoms with van der Waals surface area (Å²) in [5, 5.41) is 14.1. The number of nitro groups is 1. The molecular weight excluding hydrogens is 264 g/mol. The lowest BCUT2D eigenvalue weighted by molar-refractivity contribution is -0.384. The Morgan fingerprint density at radius 3 is 2.58 bits per heavy atom. The maximum absolute atomic E-state index is 11.2. The van der Waals surface area contributed by atoms with Gasteiger partial charge in [-0.25, -0.2) is 0 Å². The van der Waals surface area contributed by atoms with Gasteiger partial charge in [-0.05, 0) is 39.2 Å². The number of nitrogens with one attached hydrogen (secondary N) is 1. The van der Waals surface area contributed by atoms with Crippen LogP contribution in [0.5, 0.6) is 0 Å². The van der Waals surface area contributed by atoms with Crippen molar-refractivity contribution >= 4 is 28.9 Å². The second-order valence-corrected chi connectivity index (χ2v) is 6.38. The van der Waals surface area contributed by atoms with Gasteiger partial charge in [-0.15, -0.1) is 0 Å². The summed E-state index contributed by atoms with van der Waals surface area (Å²) >= 11 is 1.68. The van der Waals surface area contributed by atoms with E-state index in [0.29, 0.717) is 17.8 Å². The largest absolute Gasteiger partial charge is 0.378 e. The molecule has 0 bridgehead atoms. The molecule has 1 N–H and O–H groups in total. The summed E-state index contributed by atoms with van der Waals surface area (Å²) in [7, 11) is 0. The molecule has 0 amide bonds. The number of ketones is 1. The van der Waals surface area contributed by atoms with Crippen molar-refractivity contribution in [2.24, 2.45) is 0 Å². The smallest absolute Gasteiger partial charge is 0.293 e. The van der Waals surface area contributed by atoms with E-state index in [1.54, 1.807) is 23.9 Å². The van der Waals surface area contributed by atoms with Crippen molar-refractivity contribution in [2.75, 3.05) is 18.1 Å². The molecule has 0 aliphatic rings. The topological polar surface area (TPSA) is 72.2 Å². The van der Waals surface area contributed by atoms with Crippen LogP contribution in [-0.4, -0.2) is 28.3 Å². The fourth-order valence-electron chi connectivity index (χ4n) is 1.43. The van der Waals surface area contributed by atoms with Crippen LogP contribution < -0.4 is 5.32 Å². The number of rotatable bonds is 6. The highest BCUT2D eigenvalue weighted by atomic mass is 32.2. The quantitative estimate of drug-likeness (QED) is 0.492. The number of nitrogens with zero attached hydrogens (tertiary/aromatic N) is 1. The predicted octanol–water partition coefficient (Wildman–Crippen LogP) is 3.35. The molecule has 104 valence electrons. The van der Waals surface area contributed by atoms with Crippen molar-refractivity contribution in [2.45, 2.75) is 25.5 Å². The summed E-state index contributed by atoms with van der Waals surface area (Å²) in [6, 6.07) is 4.51. The molecule has 0 unspecified atom stereocenters. The van der Waals surface area contributed by atoms with Crippen molar-refractivity contribution < 1.29 is 9.72 Å². The first kappa shape index (κ1) is 15.5. The number of carbonyl (C=O) groups is 1. The number of hydrogen-bond donors (Lipinski definition) is 1. The Kier molecular flexibility index (Phi) is 4.94. The third kappa shape index (κ3) is 4.24. The third-order valence-electron chi connectivity index (χ3n) is 2.86. The average molecular weight is 282 g/mol.